The zero-order valence-corrected chi connectivity index (χ0v) is 12.0. The first-order valence-electron chi connectivity index (χ1n) is 6.13. The second-order valence-corrected chi connectivity index (χ2v) is 4.94. The molecule has 0 saturated heterocycles. The van der Waals surface area contributed by atoms with Crippen molar-refractivity contribution in [2.24, 2.45) is 0 Å². The highest BCUT2D eigenvalue weighted by Gasteiger charge is 2.14. The smallest absolute Gasteiger partial charge is 0.168 e. The van der Waals surface area contributed by atoms with Crippen molar-refractivity contribution in [3.8, 4) is 5.75 Å². The first-order chi connectivity index (χ1) is 9.51. The molecule has 4 heteroatoms. The van der Waals surface area contributed by atoms with Crippen LogP contribution in [0.5, 0.6) is 5.75 Å². The first-order valence-corrected chi connectivity index (χ1v) is 6.51. The van der Waals surface area contributed by atoms with E-state index in [9.17, 15) is 9.18 Å². The van der Waals surface area contributed by atoms with E-state index in [1.54, 1.807) is 20.1 Å². The zero-order chi connectivity index (χ0) is 14.7. The fourth-order valence-corrected chi connectivity index (χ4v) is 2.19. The molecule has 2 aromatic rings. The van der Waals surface area contributed by atoms with Gasteiger partial charge in [-0.1, -0.05) is 23.7 Å². The highest BCUT2D eigenvalue weighted by molar-refractivity contribution is 6.34. The number of Topliss-reactive ketones (excluding diaryl/α,β-unsaturated/α-hetero) is 1. The predicted octanol–water partition coefficient (Wildman–Crippen LogP) is 4.22. The molecule has 0 aromatic heterocycles. The molecule has 2 rings (SSSR count). The van der Waals surface area contributed by atoms with Gasteiger partial charge in [-0.3, -0.25) is 4.79 Å². The zero-order valence-electron chi connectivity index (χ0n) is 11.2. The molecule has 0 spiro atoms. The molecule has 0 radical (unpaired) electrons. The minimum absolute atomic E-state index is 0.140. The Morgan fingerprint density at radius 1 is 1.30 bits per heavy atom. The number of hydrogen-bond donors (Lipinski definition) is 0. The van der Waals surface area contributed by atoms with Crippen molar-refractivity contribution in [2.75, 3.05) is 7.11 Å². The van der Waals surface area contributed by atoms with Crippen LogP contribution in [0.3, 0.4) is 0 Å². The van der Waals surface area contributed by atoms with Gasteiger partial charge in [-0.15, -0.1) is 0 Å². The number of halogens is 2. The van der Waals surface area contributed by atoms with Gasteiger partial charge in [-0.25, -0.2) is 4.39 Å². The van der Waals surface area contributed by atoms with Crippen LogP contribution in [-0.2, 0) is 6.42 Å². The standard InChI is InChI=1S/C16H14ClFO2/c1-10-6-13(14(17)9-15(10)18)16(19)8-11-4-3-5-12(7-11)20-2/h3-7,9H,8H2,1-2H3. The van der Waals surface area contributed by atoms with Crippen LogP contribution in [0.25, 0.3) is 0 Å². The van der Waals surface area contributed by atoms with Crippen molar-refractivity contribution in [3.05, 3.63) is 63.9 Å². The summed E-state index contributed by atoms with van der Waals surface area (Å²) in [4.78, 5) is 12.3. The summed E-state index contributed by atoms with van der Waals surface area (Å²) in [6.45, 7) is 1.61. The minimum Gasteiger partial charge on any atom is -0.497 e. The molecule has 104 valence electrons. The Labute approximate surface area is 122 Å². The molecule has 2 nitrogen and oxygen atoms in total. The summed E-state index contributed by atoms with van der Waals surface area (Å²) < 4.78 is 18.5. The number of carbonyl (C=O) groups is 1. The van der Waals surface area contributed by atoms with E-state index < -0.39 is 5.82 Å². The maximum Gasteiger partial charge on any atom is 0.168 e. The topological polar surface area (TPSA) is 26.3 Å². The first kappa shape index (κ1) is 14.5. The lowest BCUT2D eigenvalue weighted by Gasteiger charge is -2.07. The van der Waals surface area contributed by atoms with Crippen LogP contribution in [0.1, 0.15) is 21.5 Å². The Bertz CT molecular complexity index is 653. The Balaban J connectivity index is 2.26. The SMILES string of the molecule is COc1cccc(CC(=O)c2cc(C)c(F)cc2Cl)c1. The average molecular weight is 293 g/mol. The summed E-state index contributed by atoms with van der Waals surface area (Å²) in [5, 5.41) is 0.140. The van der Waals surface area contributed by atoms with Gasteiger partial charge < -0.3 is 4.74 Å². The van der Waals surface area contributed by atoms with Gasteiger partial charge in [-0.2, -0.15) is 0 Å². The molecule has 2 aromatic carbocycles. The Morgan fingerprint density at radius 3 is 2.75 bits per heavy atom. The normalized spacial score (nSPS) is 10.4. The number of benzene rings is 2. The second kappa shape index (κ2) is 6.06. The second-order valence-electron chi connectivity index (χ2n) is 4.53. The van der Waals surface area contributed by atoms with Gasteiger partial charge in [0.15, 0.2) is 5.78 Å². The van der Waals surface area contributed by atoms with Crippen molar-refractivity contribution in [3.63, 3.8) is 0 Å². The summed E-state index contributed by atoms with van der Waals surface area (Å²) >= 11 is 5.94. The van der Waals surface area contributed by atoms with E-state index in [0.717, 1.165) is 5.56 Å². The average Bonchev–Trinajstić information content (AvgIpc) is 2.43. The van der Waals surface area contributed by atoms with E-state index in [-0.39, 0.29) is 17.2 Å². The predicted molar refractivity (Wildman–Crippen MR) is 77.2 cm³/mol. The number of ether oxygens (including phenoxy) is 1. The molecule has 0 saturated carbocycles. The third-order valence-electron chi connectivity index (χ3n) is 3.05. The van der Waals surface area contributed by atoms with Crippen LogP contribution in [0, 0.1) is 12.7 Å². The highest BCUT2D eigenvalue weighted by Crippen LogP contribution is 2.23. The molecule has 0 unspecified atom stereocenters. The van der Waals surface area contributed by atoms with Crippen LogP contribution in [0.15, 0.2) is 36.4 Å². The van der Waals surface area contributed by atoms with E-state index in [1.807, 2.05) is 18.2 Å². The molecule has 0 aliphatic carbocycles. The van der Waals surface area contributed by atoms with Crippen molar-refractivity contribution in [1.82, 2.24) is 0 Å². The molecule has 0 fully saturated rings. The van der Waals surface area contributed by atoms with Gasteiger partial charge >= 0.3 is 0 Å². The molecule has 0 bridgehead atoms. The van der Waals surface area contributed by atoms with Gasteiger partial charge in [0.2, 0.25) is 0 Å². The fraction of sp³-hybridized carbons (Fsp3) is 0.188. The van der Waals surface area contributed by atoms with Gasteiger partial charge in [0, 0.05) is 12.0 Å². The number of rotatable bonds is 4. The largest absolute Gasteiger partial charge is 0.497 e. The van der Waals surface area contributed by atoms with Crippen LogP contribution in [0.2, 0.25) is 5.02 Å². The molecule has 0 amide bonds. The summed E-state index contributed by atoms with van der Waals surface area (Å²) in [5.41, 5.74) is 1.57. The summed E-state index contributed by atoms with van der Waals surface area (Å²) in [7, 11) is 1.57. The molecule has 0 N–H and O–H groups in total. The monoisotopic (exact) mass is 292 g/mol. The molecule has 0 atom stereocenters. The number of carbonyl (C=O) groups excluding carboxylic acids is 1. The van der Waals surface area contributed by atoms with E-state index >= 15 is 0 Å². The molecule has 20 heavy (non-hydrogen) atoms. The number of methoxy groups -OCH3 is 1. The van der Waals surface area contributed by atoms with Crippen LogP contribution >= 0.6 is 11.6 Å². The van der Waals surface area contributed by atoms with Crippen molar-refractivity contribution >= 4 is 17.4 Å². The van der Waals surface area contributed by atoms with Crippen LogP contribution in [-0.4, -0.2) is 12.9 Å². The summed E-state index contributed by atoms with van der Waals surface area (Å²) in [6.07, 6.45) is 0.196. The van der Waals surface area contributed by atoms with E-state index in [4.69, 9.17) is 16.3 Å². The summed E-state index contributed by atoms with van der Waals surface area (Å²) in [5.74, 6) is 0.135. The van der Waals surface area contributed by atoms with Gasteiger partial charge in [0.25, 0.3) is 0 Å². The lowest BCUT2D eigenvalue weighted by Crippen LogP contribution is -2.05. The van der Waals surface area contributed by atoms with E-state index in [2.05, 4.69) is 0 Å². The quantitative estimate of drug-likeness (QED) is 0.789. The minimum atomic E-state index is -0.409. The molecule has 0 heterocycles. The lowest BCUT2D eigenvalue weighted by molar-refractivity contribution is 0.0993. The Kier molecular flexibility index (Phi) is 4.40. The van der Waals surface area contributed by atoms with Crippen LogP contribution < -0.4 is 4.74 Å². The molecular formula is C16H14ClFO2. The lowest BCUT2D eigenvalue weighted by atomic mass is 10.0. The van der Waals surface area contributed by atoms with Crippen LogP contribution in [0.4, 0.5) is 4.39 Å². The number of ketones is 1. The van der Waals surface area contributed by atoms with Crippen molar-refractivity contribution < 1.29 is 13.9 Å². The van der Waals surface area contributed by atoms with Crippen molar-refractivity contribution in [2.45, 2.75) is 13.3 Å². The van der Waals surface area contributed by atoms with Gasteiger partial charge in [0.1, 0.15) is 11.6 Å². The third kappa shape index (κ3) is 3.17. The Hall–Kier alpha value is -1.87. The number of hydrogen-bond acceptors (Lipinski definition) is 2. The van der Waals surface area contributed by atoms with Gasteiger partial charge in [-0.05, 0) is 42.3 Å². The number of aryl methyl sites for hydroxylation is 1. The maximum absolute atomic E-state index is 13.3. The third-order valence-corrected chi connectivity index (χ3v) is 3.36. The van der Waals surface area contributed by atoms with E-state index in [0.29, 0.717) is 16.9 Å². The molecule has 0 aliphatic rings. The van der Waals surface area contributed by atoms with Gasteiger partial charge in [0.05, 0.1) is 12.1 Å². The highest BCUT2D eigenvalue weighted by atomic mass is 35.5. The maximum atomic E-state index is 13.3. The molecular weight excluding hydrogens is 279 g/mol. The summed E-state index contributed by atoms with van der Waals surface area (Å²) in [6, 6.07) is 9.92. The molecule has 0 aliphatic heterocycles. The fourth-order valence-electron chi connectivity index (χ4n) is 1.93. The Morgan fingerprint density at radius 2 is 2.05 bits per heavy atom. The van der Waals surface area contributed by atoms with E-state index in [1.165, 1.54) is 12.1 Å². The van der Waals surface area contributed by atoms with Crippen molar-refractivity contribution in [1.29, 1.82) is 0 Å².